The summed E-state index contributed by atoms with van der Waals surface area (Å²) in [5.74, 6) is 0.730. The van der Waals surface area contributed by atoms with Crippen LogP contribution < -0.4 is 5.73 Å². The zero-order valence-corrected chi connectivity index (χ0v) is 8.69. The molecular weight excluding hydrogens is 176 g/mol. The van der Waals surface area contributed by atoms with Crippen LogP contribution in [0.25, 0.3) is 0 Å². The van der Waals surface area contributed by atoms with Crippen molar-refractivity contribution in [3.05, 3.63) is 12.4 Å². The molecule has 1 aromatic heterocycles. The fourth-order valence-electron chi connectivity index (χ4n) is 2.17. The first-order valence-electron chi connectivity index (χ1n) is 5.20. The molecule has 4 heteroatoms. The van der Waals surface area contributed by atoms with Gasteiger partial charge in [-0.25, -0.2) is 0 Å². The maximum absolute atomic E-state index is 5.62. The van der Waals surface area contributed by atoms with E-state index in [0.29, 0.717) is 0 Å². The van der Waals surface area contributed by atoms with Crippen LogP contribution in [0.3, 0.4) is 0 Å². The van der Waals surface area contributed by atoms with Crippen LogP contribution in [0.2, 0.25) is 0 Å². The molecule has 2 N–H and O–H groups in total. The molecule has 0 bridgehead atoms. The number of hydrogen-bond donors (Lipinski definition) is 1. The molecular formula is C10H18N4. The Morgan fingerprint density at radius 1 is 1.64 bits per heavy atom. The molecule has 1 saturated heterocycles. The number of nitrogens with two attached hydrogens (primary N) is 1. The summed E-state index contributed by atoms with van der Waals surface area (Å²) in [6.45, 7) is 3.42. The van der Waals surface area contributed by atoms with Gasteiger partial charge in [-0.3, -0.25) is 4.68 Å². The average Bonchev–Trinajstić information content (AvgIpc) is 2.51. The molecule has 0 spiro atoms. The number of anilines is 1. The van der Waals surface area contributed by atoms with Gasteiger partial charge in [0.1, 0.15) is 0 Å². The van der Waals surface area contributed by atoms with Crippen LogP contribution >= 0.6 is 0 Å². The van der Waals surface area contributed by atoms with Crippen LogP contribution in [-0.4, -0.2) is 34.8 Å². The minimum Gasteiger partial charge on any atom is -0.396 e. The average molecular weight is 194 g/mol. The Bertz CT molecular complexity index is 294. The van der Waals surface area contributed by atoms with Crippen molar-refractivity contribution in [2.45, 2.75) is 19.4 Å². The zero-order chi connectivity index (χ0) is 9.97. The van der Waals surface area contributed by atoms with Crippen LogP contribution in [-0.2, 0) is 6.54 Å². The SMILES string of the molecule is CN1CCC[C@@H](Cn2cc(N)cn2)C1. The van der Waals surface area contributed by atoms with E-state index in [1.165, 1.54) is 25.9 Å². The van der Waals surface area contributed by atoms with Crippen molar-refractivity contribution >= 4 is 5.69 Å². The first-order valence-corrected chi connectivity index (χ1v) is 5.20. The Labute approximate surface area is 84.7 Å². The Balaban J connectivity index is 1.90. The van der Waals surface area contributed by atoms with E-state index < -0.39 is 0 Å². The summed E-state index contributed by atoms with van der Waals surface area (Å²) >= 11 is 0. The van der Waals surface area contributed by atoms with E-state index in [2.05, 4.69) is 17.0 Å². The van der Waals surface area contributed by atoms with Crippen LogP contribution in [0.15, 0.2) is 12.4 Å². The monoisotopic (exact) mass is 194 g/mol. The largest absolute Gasteiger partial charge is 0.396 e. The Kier molecular flexibility index (Phi) is 2.72. The molecule has 2 rings (SSSR count). The van der Waals surface area contributed by atoms with Gasteiger partial charge in [0.15, 0.2) is 0 Å². The minimum absolute atomic E-state index is 0.730. The van der Waals surface area contributed by atoms with E-state index in [4.69, 9.17) is 5.73 Å². The van der Waals surface area contributed by atoms with E-state index in [1.807, 2.05) is 10.9 Å². The third-order valence-electron chi connectivity index (χ3n) is 2.82. The highest BCUT2D eigenvalue weighted by Crippen LogP contribution is 2.16. The molecule has 1 aliphatic heterocycles. The molecule has 0 unspecified atom stereocenters. The van der Waals surface area contributed by atoms with E-state index in [9.17, 15) is 0 Å². The van der Waals surface area contributed by atoms with Crippen LogP contribution in [0.1, 0.15) is 12.8 Å². The topological polar surface area (TPSA) is 47.1 Å². The molecule has 4 nitrogen and oxygen atoms in total. The fraction of sp³-hybridized carbons (Fsp3) is 0.700. The van der Waals surface area contributed by atoms with E-state index in [0.717, 1.165) is 18.2 Å². The molecule has 78 valence electrons. The van der Waals surface area contributed by atoms with Gasteiger partial charge in [-0.1, -0.05) is 0 Å². The van der Waals surface area contributed by atoms with Crippen molar-refractivity contribution in [3.63, 3.8) is 0 Å². The van der Waals surface area contributed by atoms with Crippen molar-refractivity contribution in [2.24, 2.45) is 5.92 Å². The first kappa shape index (κ1) is 9.52. The van der Waals surface area contributed by atoms with Gasteiger partial charge in [-0.2, -0.15) is 5.10 Å². The molecule has 1 aromatic rings. The lowest BCUT2D eigenvalue weighted by atomic mass is 9.99. The van der Waals surface area contributed by atoms with Crippen LogP contribution in [0, 0.1) is 5.92 Å². The Hall–Kier alpha value is -1.03. The number of hydrogen-bond acceptors (Lipinski definition) is 3. The van der Waals surface area contributed by atoms with Crippen molar-refractivity contribution in [1.82, 2.24) is 14.7 Å². The predicted octanol–water partition coefficient (Wildman–Crippen LogP) is 0.807. The predicted molar refractivity (Wildman–Crippen MR) is 56.9 cm³/mol. The van der Waals surface area contributed by atoms with Crippen LogP contribution in [0.4, 0.5) is 5.69 Å². The van der Waals surface area contributed by atoms with Crippen LogP contribution in [0.5, 0.6) is 0 Å². The molecule has 0 saturated carbocycles. The molecule has 0 aliphatic carbocycles. The summed E-state index contributed by atoms with van der Waals surface area (Å²) < 4.78 is 1.96. The number of aromatic nitrogens is 2. The molecule has 0 radical (unpaired) electrons. The second-order valence-corrected chi connectivity index (χ2v) is 4.27. The molecule has 2 heterocycles. The summed E-state index contributed by atoms with van der Waals surface area (Å²) in [6, 6.07) is 0. The molecule has 14 heavy (non-hydrogen) atoms. The number of nitrogen functional groups attached to an aromatic ring is 1. The van der Waals surface area contributed by atoms with Gasteiger partial charge in [0.25, 0.3) is 0 Å². The summed E-state index contributed by atoms with van der Waals surface area (Å²) in [5, 5.41) is 4.21. The van der Waals surface area contributed by atoms with Gasteiger partial charge in [-0.05, 0) is 32.4 Å². The molecule has 1 fully saturated rings. The quantitative estimate of drug-likeness (QED) is 0.757. The van der Waals surface area contributed by atoms with Crippen molar-refractivity contribution < 1.29 is 0 Å². The Morgan fingerprint density at radius 2 is 2.50 bits per heavy atom. The summed E-state index contributed by atoms with van der Waals surface area (Å²) in [4.78, 5) is 2.39. The summed E-state index contributed by atoms with van der Waals surface area (Å²) in [5.41, 5.74) is 6.38. The van der Waals surface area contributed by atoms with Crippen molar-refractivity contribution in [1.29, 1.82) is 0 Å². The number of nitrogens with zero attached hydrogens (tertiary/aromatic N) is 3. The lowest BCUT2D eigenvalue weighted by Crippen LogP contribution is -2.34. The number of piperidine rings is 1. The lowest BCUT2D eigenvalue weighted by molar-refractivity contribution is 0.190. The third-order valence-corrected chi connectivity index (χ3v) is 2.82. The van der Waals surface area contributed by atoms with Gasteiger partial charge in [-0.15, -0.1) is 0 Å². The normalized spacial score (nSPS) is 23.9. The maximum Gasteiger partial charge on any atom is 0.0719 e. The standard InChI is InChI=1S/C10H18N4/c1-13-4-2-3-9(6-13)7-14-8-10(11)5-12-14/h5,8-9H,2-4,6-7,11H2,1H3/t9-/m1/s1. The van der Waals surface area contributed by atoms with E-state index >= 15 is 0 Å². The van der Waals surface area contributed by atoms with Gasteiger partial charge >= 0.3 is 0 Å². The Morgan fingerprint density at radius 3 is 3.14 bits per heavy atom. The molecule has 1 atom stereocenters. The molecule has 0 amide bonds. The maximum atomic E-state index is 5.62. The van der Waals surface area contributed by atoms with Gasteiger partial charge in [0.05, 0.1) is 11.9 Å². The van der Waals surface area contributed by atoms with Gasteiger partial charge in [0.2, 0.25) is 0 Å². The second-order valence-electron chi connectivity index (χ2n) is 4.27. The number of rotatable bonds is 2. The van der Waals surface area contributed by atoms with Gasteiger partial charge < -0.3 is 10.6 Å². The highest BCUT2D eigenvalue weighted by atomic mass is 15.3. The third kappa shape index (κ3) is 2.26. The first-order chi connectivity index (χ1) is 6.74. The van der Waals surface area contributed by atoms with Crippen molar-refractivity contribution in [2.75, 3.05) is 25.9 Å². The van der Waals surface area contributed by atoms with E-state index in [1.54, 1.807) is 6.20 Å². The van der Waals surface area contributed by atoms with Crippen molar-refractivity contribution in [3.8, 4) is 0 Å². The van der Waals surface area contributed by atoms with E-state index in [-0.39, 0.29) is 0 Å². The highest BCUT2D eigenvalue weighted by molar-refractivity contribution is 5.30. The summed E-state index contributed by atoms with van der Waals surface area (Å²) in [6.07, 6.45) is 6.24. The van der Waals surface area contributed by atoms with Gasteiger partial charge in [0, 0.05) is 19.3 Å². The smallest absolute Gasteiger partial charge is 0.0719 e. The fourth-order valence-corrected chi connectivity index (χ4v) is 2.17. The summed E-state index contributed by atoms with van der Waals surface area (Å²) in [7, 11) is 2.18. The molecule has 1 aliphatic rings. The minimum atomic E-state index is 0.730. The lowest BCUT2D eigenvalue weighted by Gasteiger charge is -2.29. The molecule has 0 aromatic carbocycles. The zero-order valence-electron chi connectivity index (χ0n) is 8.69. The highest BCUT2D eigenvalue weighted by Gasteiger charge is 2.17. The number of likely N-dealkylation sites (tertiary alicyclic amines) is 1. The second kappa shape index (κ2) is 4.00.